The fourth-order valence-electron chi connectivity index (χ4n) is 4.91. The highest BCUT2D eigenvalue weighted by Crippen LogP contribution is 2.40. The number of ether oxygens (including phenoxy) is 1. The molecule has 0 bridgehead atoms. The predicted molar refractivity (Wildman–Crippen MR) is 137 cm³/mol. The second-order valence-electron chi connectivity index (χ2n) is 9.68. The number of nitrogens with zero attached hydrogens (tertiary/aromatic N) is 5. The van der Waals surface area contributed by atoms with Gasteiger partial charge in [0.1, 0.15) is 0 Å². The lowest BCUT2D eigenvalue weighted by Crippen LogP contribution is -2.47. The lowest BCUT2D eigenvalue weighted by molar-refractivity contribution is -0.0292. The number of amides is 1. The Morgan fingerprint density at radius 2 is 1.97 bits per heavy atom. The summed E-state index contributed by atoms with van der Waals surface area (Å²) in [5, 5.41) is 8.62. The van der Waals surface area contributed by atoms with Gasteiger partial charge in [-0.15, -0.1) is 0 Å². The van der Waals surface area contributed by atoms with Crippen LogP contribution in [0.15, 0.2) is 60.8 Å². The molecule has 36 heavy (non-hydrogen) atoms. The van der Waals surface area contributed by atoms with Crippen molar-refractivity contribution in [3.8, 4) is 5.82 Å². The fraction of sp³-hybridized carbons (Fsp3) is 0.357. The summed E-state index contributed by atoms with van der Waals surface area (Å²) in [6, 6.07) is 18.1. The van der Waals surface area contributed by atoms with Crippen LogP contribution in [0.4, 0.5) is 0 Å². The van der Waals surface area contributed by atoms with Crippen molar-refractivity contribution >= 4 is 16.9 Å². The Morgan fingerprint density at radius 1 is 1.14 bits per heavy atom. The van der Waals surface area contributed by atoms with E-state index in [1.165, 1.54) is 5.56 Å². The Balaban J connectivity index is 1.22. The number of morpholine rings is 1. The summed E-state index contributed by atoms with van der Waals surface area (Å²) in [4.78, 5) is 25.3. The Bertz CT molecular complexity index is 1370. The van der Waals surface area contributed by atoms with Gasteiger partial charge in [-0.2, -0.15) is 9.78 Å². The van der Waals surface area contributed by atoms with Gasteiger partial charge in [0.15, 0.2) is 11.5 Å². The zero-order valence-corrected chi connectivity index (χ0v) is 20.4. The predicted octanol–water partition coefficient (Wildman–Crippen LogP) is 3.63. The summed E-state index contributed by atoms with van der Waals surface area (Å²) in [5.41, 5.74) is 4.31. The molecule has 3 aromatic heterocycles. The molecule has 0 spiro atoms. The smallest absolute Gasteiger partial charge is 0.252 e. The topological polar surface area (TPSA) is 85.2 Å². The first-order valence-electron chi connectivity index (χ1n) is 12.6. The molecule has 1 amide bonds. The molecule has 1 aliphatic heterocycles. The average Bonchev–Trinajstić information content (AvgIpc) is 3.71. The summed E-state index contributed by atoms with van der Waals surface area (Å²) in [6.07, 6.45) is 3.89. The third-order valence-electron chi connectivity index (χ3n) is 6.90. The largest absolute Gasteiger partial charge is 0.374 e. The van der Waals surface area contributed by atoms with E-state index in [1.54, 1.807) is 10.9 Å². The Hall–Kier alpha value is -3.62. The summed E-state index contributed by atoms with van der Waals surface area (Å²) in [5.74, 6) is 0.981. The summed E-state index contributed by atoms with van der Waals surface area (Å²) in [6.45, 7) is 5.60. The zero-order chi connectivity index (χ0) is 24.5. The van der Waals surface area contributed by atoms with Gasteiger partial charge in [-0.25, -0.2) is 9.97 Å². The van der Waals surface area contributed by atoms with Crippen LogP contribution < -0.4 is 5.32 Å². The number of pyridine rings is 2. The molecule has 1 N–H and O–H groups in total. The van der Waals surface area contributed by atoms with Crippen LogP contribution in [0.1, 0.15) is 46.1 Å². The second kappa shape index (κ2) is 9.79. The van der Waals surface area contributed by atoms with Crippen molar-refractivity contribution in [2.45, 2.75) is 38.3 Å². The number of hydrogen-bond acceptors (Lipinski definition) is 6. The van der Waals surface area contributed by atoms with Crippen LogP contribution in [0.25, 0.3) is 16.9 Å². The first-order chi connectivity index (χ1) is 17.7. The summed E-state index contributed by atoms with van der Waals surface area (Å²) >= 11 is 0. The van der Waals surface area contributed by atoms with Crippen LogP contribution >= 0.6 is 0 Å². The number of aromatic nitrogens is 4. The van der Waals surface area contributed by atoms with Gasteiger partial charge in [-0.1, -0.05) is 36.4 Å². The van der Waals surface area contributed by atoms with E-state index in [0.717, 1.165) is 49.2 Å². The van der Waals surface area contributed by atoms with Crippen molar-refractivity contribution < 1.29 is 9.53 Å². The molecule has 1 unspecified atom stereocenters. The van der Waals surface area contributed by atoms with Gasteiger partial charge in [0.25, 0.3) is 5.91 Å². The molecule has 1 atom stereocenters. The molecule has 4 heterocycles. The van der Waals surface area contributed by atoms with Gasteiger partial charge in [0.05, 0.1) is 29.4 Å². The first-order valence-corrected chi connectivity index (χ1v) is 12.6. The minimum atomic E-state index is -0.114. The van der Waals surface area contributed by atoms with E-state index < -0.39 is 0 Å². The molecule has 1 aromatic carbocycles. The van der Waals surface area contributed by atoms with E-state index in [1.807, 2.05) is 37.3 Å². The van der Waals surface area contributed by atoms with E-state index in [4.69, 9.17) is 14.8 Å². The van der Waals surface area contributed by atoms with Crippen LogP contribution in [0.5, 0.6) is 0 Å². The minimum Gasteiger partial charge on any atom is -0.374 e. The molecule has 8 nitrogen and oxygen atoms in total. The average molecular weight is 483 g/mol. The van der Waals surface area contributed by atoms with Gasteiger partial charge in [-0.3, -0.25) is 9.69 Å². The van der Waals surface area contributed by atoms with Crippen molar-refractivity contribution in [3.05, 3.63) is 83.3 Å². The molecule has 8 heteroatoms. The molecule has 0 radical (unpaired) electrons. The minimum absolute atomic E-state index is 0.0519. The van der Waals surface area contributed by atoms with Gasteiger partial charge in [0.2, 0.25) is 0 Å². The summed E-state index contributed by atoms with van der Waals surface area (Å²) < 4.78 is 7.73. The lowest BCUT2D eigenvalue weighted by atomic mass is 10.1. The highest BCUT2D eigenvalue weighted by Gasteiger charge is 2.29. The van der Waals surface area contributed by atoms with E-state index in [0.29, 0.717) is 36.1 Å². The highest BCUT2D eigenvalue weighted by molar-refractivity contribution is 6.06. The second-order valence-corrected chi connectivity index (χ2v) is 9.68. The number of aryl methyl sites for hydroxylation is 1. The molecule has 2 aliphatic rings. The number of fused-ring (bicyclic) bond motifs is 1. The van der Waals surface area contributed by atoms with Crippen molar-refractivity contribution in [1.29, 1.82) is 0 Å². The van der Waals surface area contributed by atoms with Gasteiger partial charge < -0.3 is 10.1 Å². The molecule has 2 fully saturated rings. The third kappa shape index (κ3) is 4.74. The molecule has 184 valence electrons. The zero-order valence-electron chi connectivity index (χ0n) is 20.4. The lowest BCUT2D eigenvalue weighted by Gasteiger charge is -2.33. The number of carbonyl (C=O) groups excluding carboxylic acids is 1. The molecular formula is C28H30N6O2. The Labute approximate surface area is 210 Å². The first kappa shape index (κ1) is 22.8. The molecule has 4 aromatic rings. The van der Waals surface area contributed by atoms with Crippen molar-refractivity contribution in [2.75, 3.05) is 26.2 Å². The number of rotatable bonds is 7. The van der Waals surface area contributed by atoms with Gasteiger partial charge >= 0.3 is 0 Å². The van der Waals surface area contributed by atoms with Crippen LogP contribution in [0, 0.1) is 6.92 Å². The Kier molecular flexibility index (Phi) is 6.21. The number of carbonyl (C=O) groups is 1. The molecule has 1 saturated carbocycles. The molecule has 1 saturated heterocycles. The quantitative estimate of drug-likeness (QED) is 0.433. The van der Waals surface area contributed by atoms with Crippen LogP contribution in [-0.4, -0.2) is 62.9 Å². The monoisotopic (exact) mass is 482 g/mol. The normalized spacial score (nSPS) is 18.4. The van der Waals surface area contributed by atoms with E-state index in [-0.39, 0.29) is 12.0 Å². The maximum atomic E-state index is 13.5. The Morgan fingerprint density at radius 3 is 2.75 bits per heavy atom. The van der Waals surface area contributed by atoms with E-state index in [9.17, 15) is 4.79 Å². The molecule has 1 aliphatic carbocycles. The SMILES string of the molecule is Cc1nn(-c2ccccn2)c2nc(C3CC3)cc(C(=O)NCC3CN(Cc4ccccc4)CCO3)c12. The van der Waals surface area contributed by atoms with Crippen molar-refractivity contribution in [2.24, 2.45) is 0 Å². The van der Waals surface area contributed by atoms with Crippen molar-refractivity contribution in [1.82, 2.24) is 30.0 Å². The molecular weight excluding hydrogens is 452 g/mol. The van der Waals surface area contributed by atoms with Crippen LogP contribution in [0.2, 0.25) is 0 Å². The van der Waals surface area contributed by atoms with E-state index >= 15 is 0 Å². The van der Waals surface area contributed by atoms with Gasteiger partial charge in [0, 0.05) is 44.0 Å². The van der Waals surface area contributed by atoms with Gasteiger partial charge in [-0.05, 0) is 43.5 Å². The standard InChI is InChI=1S/C28H30N6O2/c1-19-26-23(15-24(21-10-11-21)31-27(26)34(32-19)25-9-5-6-12-29-25)28(35)30-16-22-18-33(13-14-36-22)17-20-7-3-2-4-8-20/h2-9,12,15,21-22H,10-11,13-14,16-18H2,1H3,(H,30,35). The highest BCUT2D eigenvalue weighted by atomic mass is 16.5. The third-order valence-corrected chi connectivity index (χ3v) is 6.90. The van der Waals surface area contributed by atoms with Crippen LogP contribution in [-0.2, 0) is 11.3 Å². The number of nitrogens with one attached hydrogen (secondary N) is 1. The van der Waals surface area contributed by atoms with Crippen LogP contribution in [0.3, 0.4) is 0 Å². The van der Waals surface area contributed by atoms with Crippen molar-refractivity contribution in [3.63, 3.8) is 0 Å². The maximum Gasteiger partial charge on any atom is 0.252 e. The fourth-order valence-corrected chi connectivity index (χ4v) is 4.91. The maximum absolute atomic E-state index is 13.5. The van der Waals surface area contributed by atoms with E-state index in [2.05, 4.69) is 39.5 Å². The number of benzene rings is 1. The summed E-state index contributed by atoms with van der Waals surface area (Å²) in [7, 11) is 0. The molecule has 6 rings (SSSR count). The number of hydrogen-bond donors (Lipinski definition) is 1.